The Bertz CT molecular complexity index is 402. The zero-order chi connectivity index (χ0) is 10.8. The van der Waals surface area contributed by atoms with Crippen LogP contribution >= 0.6 is 0 Å². The topological polar surface area (TPSA) is 53.0 Å². The van der Waals surface area contributed by atoms with Crippen molar-refractivity contribution in [2.24, 2.45) is 0 Å². The SMILES string of the molecule is CCN(c1ccc(C#N)c(N)c1)C1CC1. The quantitative estimate of drug-likeness (QED) is 0.762. The first-order valence-corrected chi connectivity index (χ1v) is 5.32. The van der Waals surface area contributed by atoms with Crippen molar-refractivity contribution in [1.82, 2.24) is 0 Å². The van der Waals surface area contributed by atoms with E-state index in [0.717, 1.165) is 12.2 Å². The summed E-state index contributed by atoms with van der Waals surface area (Å²) < 4.78 is 0. The van der Waals surface area contributed by atoms with Gasteiger partial charge in [0.05, 0.1) is 11.3 Å². The van der Waals surface area contributed by atoms with E-state index >= 15 is 0 Å². The number of nitrogens with zero attached hydrogens (tertiary/aromatic N) is 2. The molecule has 0 spiro atoms. The van der Waals surface area contributed by atoms with Gasteiger partial charge in [-0.15, -0.1) is 0 Å². The molecule has 1 fully saturated rings. The van der Waals surface area contributed by atoms with Crippen molar-refractivity contribution >= 4 is 11.4 Å². The lowest BCUT2D eigenvalue weighted by Gasteiger charge is -2.23. The van der Waals surface area contributed by atoms with E-state index in [9.17, 15) is 0 Å². The van der Waals surface area contributed by atoms with E-state index in [0.29, 0.717) is 17.3 Å². The third kappa shape index (κ3) is 1.89. The molecule has 0 aliphatic heterocycles. The lowest BCUT2D eigenvalue weighted by atomic mass is 10.1. The van der Waals surface area contributed by atoms with Gasteiger partial charge < -0.3 is 10.6 Å². The van der Waals surface area contributed by atoms with E-state index in [1.807, 2.05) is 12.1 Å². The molecule has 2 N–H and O–H groups in total. The molecule has 78 valence electrons. The molecular weight excluding hydrogens is 186 g/mol. The second-order valence-corrected chi connectivity index (χ2v) is 3.90. The van der Waals surface area contributed by atoms with Gasteiger partial charge in [-0.25, -0.2) is 0 Å². The molecule has 1 aliphatic rings. The fourth-order valence-electron chi connectivity index (χ4n) is 1.87. The Morgan fingerprint density at radius 2 is 2.27 bits per heavy atom. The van der Waals surface area contributed by atoms with Crippen molar-refractivity contribution < 1.29 is 0 Å². The molecule has 1 aliphatic carbocycles. The van der Waals surface area contributed by atoms with Crippen LogP contribution in [0.4, 0.5) is 11.4 Å². The third-order valence-electron chi connectivity index (χ3n) is 2.82. The van der Waals surface area contributed by atoms with Gasteiger partial charge in [0, 0.05) is 18.3 Å². The van der Waals surface area contributed by atoms with Gasteiger partial charge in [0.1, 0.15) is 6.07 Å². The van der Waals surface area contributed by atoms with E-state index in [1.54, 1.807) is 6.07 Å². The number of benzene rings is 1. The molecule has 1 saturated carbocycles. The average molecular weight is 201 g/mol. The Morgan fingerprint density at radius 3 is 2.73 bits per heavy atom. The van der Waals surface area contributed by atoms with Crippen LogP contribution in [0.3, 0.4) is 0 Å². The molecule has 3 nitrogen and oxygen atoms in total. The number of anilines is 2. The van der Waals surface area contributed by atoms with Crippen LogP contribution in [0.25, 0.3) is 0 Å². The zero-order valence-electron chi connectivity index (χ0n) is 8.90. The maximum absolute atomic E-state index is 8.78. The molecular formula is C12H15N3. The molecule has 0 bridgehead atoms. The fraction of sp³-hybridized carbons (Fsp3) is 0.417. The van der Waals surface area contributed by atoms with Gasteiger partial charge in [0.2, 0.25) is 0 Å². The summed E-state index contributed by atoms with van der Waals surface area (Å²) in [7, 11) is 0. The van der Waals surface area contributed by atoms with Crippen LogP contribution in [0.15, 0.2) is 18.2 Å². The summed E-state index contributed by atoms with van der Waals surface area (Å²) in [5.41, 5.74) is 8.07. The van der Waals surface area contributed by atoms with Crippen molar-refractivity contribution in [1.29, 1.82) is 5.26 Å². The number of nitriles is 1. The predicted molar refractivity (Wildman–Crippen MR) is 61.6 cm³/mol. The van der Waals surface area contributed by atoms with Gasteiger partial charge in [-0.3, -0.25) is 0 Å². The third-order valence-corrected chi connectivity index (χ3v) is 2.82. The normalized spacial score (nSPS) is 14.7. The molecule has 1 aromatic carbocycles. The van der Waals surface area contributed by atoms with Crippen LogP contribution in [-0.4, -0.2) is 12.6 Å². The first-order valence-electron chi connectivity index (χ1n) is 5.32. The van der Waals surface area contributed by atoms with Gasteiger partial charge in [0.15, 0.2) is 0 Å². The van der Waals surface area contributed by atoms with Crippen molar-refractivity contribution in [2.75, 3.05) is 17.2 Å². The van der Waals surface area contributed by atoms with Crippen molar-refractivity contribution in [3.05, 3.63) is 23.8 Å². The molecule has 0 saturated heterocycles. The lowest BCUT2D eigenvalue weighted by molar-refractivity contribution is 0.826. The summed E-state index contributed by atoms with van der Waals surface area (Å²) in [5, 5.41) is 8.78. The van der Waals surface area contributed by atoms with E-state index in [1.165, 1.54) is 12.8 Å². The summed E-state index contributed by atoms with van der Waals surface area (Å²) in [5.74, 6) is 0. The first kappa shape index (κ1) is 9.85. The molecule has 1 aromatic rings. The van der Waals surface area contributed by atoms with Gasteiger partial charge in [-0.05, 0) is 38.0 Å². The van der Waals surface area contributed by atoms with Crippen molar-refractivity contribution in [3.63, 3.8) is 0 Å². The highest BCUT2D eigenvalue weighted by Crippen LogP contribution is 2.32. The maximum Gasteiger partial charge on any atom is 0.101 e. The number of hydrogen-bond donors (Lipinski definition) is 1. The van der Waals surface area contributed by atoms with Gasteiger partial charge in [-0.2, -0.15) is 5.26 Å². The Kier molecular flexibility index (Phi) is 2.51. The standard InChI is InChI=1S/C12H15N3/c1-2-15(10-5-6-10)11-4-3-9(8-13)12(14)7-11/h3-4,7,10H,2,5-6,14H2,1H3. The van der Waals surface area contributed by atoms with E-state index in [4.69, 9.17) is 11.0 Å². The second-order valence-electron chi connectivity index (χ2n) is 3.90. The predicted octanol–water partition coefficient (Wildman–Crippen LogP) is 2.13. The molecule has 0 aromatic heterocycles. The molecule has 3 heteroatoms. The number of nitrogen functional groups attached to an aromatic ring is 1. The minimum Gasteiger partial charge on any atom is -0.398 e. The highest BCUT2D eigenvalue weighted by molar-refractivity contribution is 5.64. The van der Waals surface area contributed by atoms with E-state index < -0.39 is 0 Å². The largest absolute Gasteiger partial charge is 0.398 e. The zero-order valence-corrected chi connectivity index (χ0v) is 8.90. The minimum absolute atomic E-state index is 0.561. The fourth-order valence-corrected chi connectivity index (χ4v) is 1.87. The van der Waals surface area contributed by atoms with Crippen LogP contribution < -0.4 is 10.6 Å². The highest BCUT2D eigenvalue weighted by Gasteiger charge is 2.28. The minimum atomic E-state index is 0.561. The average Bonchev–Trinajstić information content (AvgIpc) is 3.03. The molecule has 15 heavy (non-hydrogen) atoms. The Labute approximate surface area is 90.1 Å². The maximum atomic E-state index is 8.78. The van der Waals surface area contributed by atoms with Crippen LogP contribution in [0, 0.1) is 11.3 Å². The highest BCUT2D eigenvalue weighted by atomic mass is 15.2. The Morgan fingerprint density at radius 1 is 1.53 bits per heavy atom. The molecule has 0 amide bonds. The van der Waals surface area contributed by atoms with Gasteiger partial charge >= 0.3 is 0 Å². The molecule has 2 rings (SSSR count). The van der Waals surface area contributed by atoms with Crippen LogP contribution in [-0.2, 0) is 0 Å². The second kappa shape index (κ2) is 3.82. The number of nitrogens with two attached hydrogens (primary N) is 1. The molecule has 0 radical (unpaired) electrons. The number of hydrogen-bond acceptors (Lipinski definition) is 3. The summed E-state index contributed by atoms with van der Waals surface area (Å²) in [6.45, 7) is 3.14. The molecule has 0 heterocycles. The van der Waals surface area contributed by atoms with Crippen LogP contribution in [0.5, 0.6) is 0 Å². The molecule has 0 atom stereocenters. The summed E-state index contributed by atoms with van der Waals surface area (Å²) in [6.07, 6.45) is 2.54. The van der Waals surface area contributed by atoms with Crippen molar-refractivity contribution in [2.45, 2.75) is 25.8 Å². The van der Waals surface area contributed by atoms with E-state index in [-0.39, 0.29) is 0 Å². The van der Waals surface area contributed by atoms with E-state index in [2.05, 4.69) is 17.9 Å². The first-order chi connectivity index (χ1) is 7.26. The summed E-state index contributed by atoms with van der Waals surface area (Å²) in [4.78, 5) is 2.34. The van der Waals surface area contributed by atoms with Crippen LogP contribution in [0.2, 0.25) is 0 Å². The monoisotopic (exact) mass is 201 g/mol. The van der Waals surface area contributed by atoms with Gasteiger partial charge in [-0.1, -0.05) is 0 Å². The lowest BCUT2D eigenvalue weighted by Crippen LogP contribution is -2.25. The summed E-state index contributed by atoms with van der Waals surface area (Å²) in [6, 6.07) is 8.45. The van der Waals surface area contributed by atoms with Crippen molar-refractivity contribution in [3.8, 4) is 6.07 Å². The van der Waals surface area contributed by atoms with Gasteiger partial charge in [0.25, 0.3) is 0 Å². The number of rotatable bonds is 3. The van der Waals surface area contributed by atoms with Crippen LogP contribution in [0.1, 0.15) is 25.3 Å². The summed E-state index contributed by atoms with van der Waals surface area (Å²) >= 11 is 0. The molecule has 0 unspecified atom stereocenters. The Hall–Kier alpha value is -1.69. The Balaban J connectivity index is 2.28. The smallest absolute Gasteiger partial charge is 0.101 e.